The molecule has 0 unspecified atom stereocenters. The first-order valence-electron chi connectivity index (χ1n) is 8.18. The van der Waals surface area contributed by atoms with Gasteiger partial charge in [-0.05, 0) is 18.2 Å². The van der Waals surface area contributed by atoms with E-state index in [1.165, 1.54) is 45.7 Å². The van der Waals surface area contributed by atoms with Crippen LogP contribution in [-0.4, -0.2) is 48.6 Å². The van der Waals surface area contributed by atoms with Crippen molar-refractivity contribution < 1.29 is 23.9 Å². The van der Waals surface area contributed by atoms with E-state index in [0.29, 0.717) is 22.1 Å². The third kappa shape index (κ3) is 4.69. The number of hydrogen-bond donors (Lipinski definition) is 1. The highest BCUT2D eigenvalue weighted by atomic mass is 32.1. The zero-order valence-corrected chi connectivity index (χ0v) is 17.6. The Labute approximate surface area is 178 Å². The van der Waals surface area contributed by atoms with Crippen LogP contribution in [0.1, 0.15) is 15.2 Å². The molecular weight excluding hydrogens is 434 g/mol. The second-order valence-corrected chi connectivity index (χ2v) is 7.50. The smallest absolute Gasteiger partial charge is 0.324 e. The van der Waals surface area contributed by atoms with Crippen molar-refractivity contribution in [3.63, 3.8) is 0 Å². The van der Waals surface area contributed by atoms with E-state index >= 15 is 0 Å². The highest BCUT2D eigenvalue weighted by Gasteiger charge is 2.18. The number of amides is 1. The predicted molar refractivity (Wildman–Crippen MR) is 112 cm³/mol. The molecule has 0 spiro atoms. The van der Waals surface area contributed by atoms with Crippen LogP contribution in [0.25, 0.3) is 0 Å². The van der Waals surface area contributed by atoms with Gasteiger partial charge in [0.15, 0.2) is 11.5 Å². The molecule has 1 amide bonds. The third-order valence-electron chi connectivity index (χ3n) is 3.66. The van der Waals surface area contributed by atoms with Crippen LogP contribution in [0.5, 0.6) is 17.2 Å². The van der Waals surface area contributed by atoms with Crippen LogP contribution >= 0.6 is 22.7 Å². The van der Waals surface area contributed by atoms with Crippen LogP contribution in [-0.2, 0) is 0 Å². The number of aliphatic imine (C=N–C) groups is 1. The van der Waals surface area contributed by atoms with Crippen molar-refractivity contribution in [1.82, 2.24) is 10.2 Å². The predicted octanol–water partition coefficient (Wildman–Crippen LogP) is 3.54. The van der Waals surface area contributed by atoms with Gasteiger partial charge in [0.1, 0.15) is 0 Å². The van der Waals surface area contributed by atoms with Crippen molar-refractivity contribution in [1.29, 1.82) is 0 Å². The summed E-state index contributed by atoms with van der Waals surface area (Å²) in [4.78, 5) is 27.6. The summed E-state index contributed by atoms with van der Waals surface area (Å²) >= 11 is 2.04. The largest absolute Gasteiger partial charge is 0.493 e. The van der Waals surface area contributed by atoms with Crippen molar-refractivity contribution >= 4 is 50.1 Å². The summed E-state index contributed by atoms with van der Waals surface area (Å²) in [7, 11) is 4.38. The highest BCUT2D eigenvalue weighted by Crippen LogP contribution is 2.38. The first kappa shape index (κ1) is 21.1. The molecule has 3 rings (SSSR count). The average molecular weight is 449 g/mol. The molecule has 2 heterocycles. The zero-order valence-electron chi connectivity index (χ0n) is 15.9. The molecule has 0 saturated carbocycles. The maximum atomic E-state index is 12.6. The molecule has 30 heavy (non-hydrogen) atoms. The van der Waals surface area contributed by atoms with E-state index in [-0.39, 0.29) is 20.8 Å². The van der Waals surface area contributed by atoms with Crippen LogP contribution in [0.15, 0.2) is 29.3 Å². The topological polar surface area (TPSA) is 138 Å². The Morgan fingerprint density at radius 2 is 1.83 bits per heavy atom. The molecule has 0 fully saturated rings. The summed E-state index contributed by atoms with van der Waals surface area (Å²) in [5.74, 6) is 0.608. The number of nitrogens with one attached hydrogen (secondary N) is 1. The number of methoxy groups -OCH3 is 3. The molecule has 0 atom stereocenters. The van der Waals surface area contributed by atoms with E-state index in [1.807, 2.05) is 0 Å². The van der Waals surface area contributed by atoms with Crippen molar-refractivity contribution in [3.05, 3.63) is 44.8 Å². The molecule has 156 valence electrons. The molecule has 0 aliphatic carbocycles. The van der Waals surface area contributed by atoms with Gasteiger partial charge in [-0.1, -0.05) is 22.7 Å². The number of aromatic nitrogens is 2. The van der Waals surface area contributed by atoms with Crippen molar-refractivity contribution in [2.24, 2.45) is 4.99 Å². The van der Waals surface area contributed by atoms with Crippen LogP contribution in [0, 0.1) is 10.1 Å². The minimum Gasteiger partial charge on any atom is -0.493 e. The summed E-state index contributed by atoms with van der Waals surface area (Å²) in [5, 5.41) is 21.6. The first-order chi connectivity index (χ1) is 14.4. The number of carbonyl (C=O) groups excluding carboxylic acids is 1. The number of anilines is 1. The molecule has 0 aliphatic rings. The number of rotatable bonds is 8. The normalized spacial score (nSPS) is 10.8. The number of hydrogen-bond acceptors (Lipinski definition) is 11. The number of nitrogens with zero attached hydrogens (tertiary/aromatic N) is 4. The molecule has 13 heteroatoms. The minimum absolute atomic E-state index is 0.0204. The van der Waals surface area contributed by atoms with Gasteiger partial charge in [-0.15, -0.1) is 10.2 Å². The molecule has 0 bridgehead atoms. The van der Waals surface area contributed by atoms with E-state index < -0.39 is 10.8 Å². The molecule has 2 aromatic heterocycles. The summed E-state index contributed by atoms with van der Waals surface area (Å²) in [5.41, 5.74) is 0.274. The number of nitro groups is 1. The Morgan fingerprint density at radius 1 is 1.13 bits per heavy atom. The summed E-state index contributed by atoms with van der Waals surface area (Å²) in [6, 6.07) is 6.01. The fourth-order valence-electron chi connectivity index (χ4n) is 2.33. The molecule has 1 aromatic carbocycles. The molecule has 1 N–H and O–H groups in total. The standard InChI is InChI=1S/C17H15N5O6S2/c1-26-11-6-9(7-12(27-2)14(11)28-3)15(23)19-17-21-20-16(30-17)18-8-10-4-5-13(29-10)22(24)25/h4-8H,1-3H3,(H,19,21,23)/b18-8+. The maximum absolute atomic E-state index is 12.6. The lowest BCUT2D eigenvalue weighted by Crippen LogP contribution is -2.12. The van der Waals surface area contributed by atoms with Crippen LogP contribution in [0.3, 0.4) is 0 Å². The Balaban J connectivity index is 1.73. The molecule has 3 aromatic rings. The fourth-order valence-corrected chi connectivity index (χ4v) is 3.61. The summed E-state index contributed by atoms with van der Waals surface area (Å²) < 4.78 is 15.7. The summed E-state index contributed by atoms with van der Waals surface area (Å²) in [6.07, 6.45) is 1.45. The van der Waals surface area contributed by atoms with E-state index in [0.717, 1.165) is 22.7 Å². The zero-order chi connectivity index (χ0) is 21.7. The quantitative estimate of drug-likeness (QED) is 0.313. The lowest BCUT2D eigenvalue weighted by molar-refractivity contribution is -0.380. The summed E-state index contributed by atoms with van der Waals surface area (Å²) in [6.45, 7) is 0. The lowest BCUT2D eigenvalue weighted by Gasteiger charge is -2.13. The molecule has 11 nitrogen and oxygen atoms in total. The van der Waals surface area contributed by atoms with Gasteiger partial charge in [0.2, 0.25) is 16.0 Å². The number of carbonyl (C=O) groups is 1. The lowest BCUT2D eigenvalue weighted by atomic mass is 10.1. The maximum Gasteiger partial charge on any atom is 0.324 e. The fraction of sp³-hybridized carbons (Fsp3) is 0.176. The Kier molecular flexibility index (Phi) is 6.54. The number of ether oxygens (including phenoxy) is 3. The van der Waals surface area contributed by atoms with Gasteiger partial charge in [0.05, 0.1) is 31.1 Å². The first-order valence-corrected chi connectivity index (χ1v) is 9.81. The van der Waals surface area contributed by atoms with Crippen LogP contribution in [0.4, 0.5) is 15.3 Å². The Morgan fingerprint density at radius 3 is 2.40 bits per heavy atom. The van der Waals surface area contributed by atoms with Gasteiger partial charge in [-0.2, -0.15) is 0 Å². The van der Waals surface area contributed by atoms with Gasteiger partial charge in [0.25, 0.3) is 5.91 Å². The van der Waals surface area contributed by atoms with Gasteiger partial charge in [0, 0.05) is 17.8 Å². The van der Waals surface area contributed by atoms with E-state index in [9.17, 15) is 14.9 Å². The molecular formula is C17H15N5O6S2. The van der Waals surface area contributed by atoms with Crippen molar-refractivity contribution in [2.75, 3.05) is 26.6 Å². The van der Waals surface area contributed by atoms with Crippen molar-refractivity contribution in [2.45, 2.75) is 0 Å². The monoisotopic (exact) mass is 449 g/mol. The van der Waals surface area contributed by atoms with Gasteiger partial charge in [-0.25, -0.2) is 4.99 Å². The molecule has 0 saturated heterocycles. The third-order valence-corrected chi connectivity index (χ3v) is 5.37. The van der Waals surface area contributed by atoms with Gasteiger partial charge in [-0.3, -0.25) is 20.2 Å². The minimum atomic E-state index is -0.469. The SMILES string of the molecule is COc1cc(C(=O)Nc2nnc(/N=C/c3ccc([N+](=O)[O-])s3)s2)cc(OC)c1OC. The second kappa shape index (κ2) is 9.28. The van der Waals surface area contributed by atoms with E-state index in [1.54, 1.807) is 6.07 Å². The Hall–Kier alpha value is -3.58. The number of benzene rings is 1. The highest BCUT2D eigenvalue weighted by molar-refractivity contribution is 7.19. The second-order valence-electron chi connectivity index (χ2n) is 5.45. The van der Waals surface area contributed by atoms with Gasteiger partial charge >= 0.3 is 5.00 Å². The van der Waals surface area contributed by atoms with E-state index in [4.69, 9.17) is 14.2 Å². The van der Waals surface area contributed by atoms with E-state index in [2.05, 4.69) is 20.5 Å². The molecule has 0 aliphatic heterocycles. The van der Waals surface area contributed by atoms with Crippen LogP contribution < -0.4 is 19.5 Å². The van der Waals surface area contributed by atoms with Gasteiger partial charge < -0.3 is 14.2 Å². The molecule has 0 radical (unpaired) electrons. The number of thiophene rings is 1. The average Bonchev–Trinajstić information content (AvgIpc) is 3.40. The Bertz CT molecular complexity index is 1080. The van der Waals surface area contributed by atoms with Crippen LogP contribution in [0.2, 0.25) is 0 Å². The van der Waals surface area contributed by atoms with Crippen molar-refractivity contribution in [3.8, 4) is 17.2 Å².